The maximum absolute atomic E-state index is 6.19. The number of halogens is 2. The van der Waals surface area contributed by atoms with Crippen molar-refractivity contribution < 1.29 is 0 Å². The molecule has 1 aliphatic rings. The minimum absolute atomic E-state index is 0.617. The van der Waals surface area contributed by atoms with Gasteiger partial charge in [0.15, 0.2) is 0 Å². The molecule has 2 aromatic carbocycles. The van der Waals surface area contributed by atoms with Crippen LogP contribution in [-0.2, 0) is 6.42 Å². The summed E-state index contributed by atoms with van der Waals surface area (Å²) < 4.78 is 0. The Hall–Kier alpha value is -0.670. The minimum Gasteiger partial charge on any atom is -0.316 e. The van der Waals surface area contributed by atoms with Gasteiger partial charge in [-0.1, -0.05) is 47.5 Å². The van der Waals surface area contributed by atoms with E-state index in [9.17, 15) is 0 Å². The zero-order valence-corrected chi connectivity index (χ0v) is 13.9. The molecule has 0 saturated carbocycles. The van der Waals surface area contributed by atoms with E-state index in [1.807, 2.05) is 30.0 Å². The van der Waals surface area contributed by atoms with E-state index in [2.05, 4.69) is 29.6 Å². The van der Waals surface area contributed by atoms with E-state index in [1.54, 1.807) is 0 Å². The van der Waals surface area contributed by atoms with Crippen LogP contribution in [0.5, 0.6) is 0 Å². The van der Waals surface area contributed by atoms with Crippen LogP contribution in [0.3, 0.4) is 0 Å². The lowest BCUT2D eigenvalue weighted by Crippen LogP contribution is -2.24. The first-order valence-corrected chi connectivity index (χ1v) is 8.84. The van der Waals surface area contributed by atoms with E-state index >= 15 is 0 Å². The largest absolute Gasteiger partial charge is 0.316 e. The van der Waals surface area contributed by atoms with Gasteiger partial charge in [0.2, 0.25) is 0 Å². The molecule has 0 aromatic heterocycles. The third-order valence-corrected chi connectivity index (χ3v) is 5.61. The first kappa shape index (κ1) is 15.2. The van der Waals surface area contributed by atoms with Crippen molar-refractivity contribution in [3.05, 3.63) is 63.6 Å². The molecule has 2 aromatic rings. The summed E-state index contributed by atoms with van der Waals surface area (Å²) in [5, 5.41) is 5.00. The van der Waals surface area contributed by atoms with Crippen LogP contribution in [0.4, 0.5) is 0 Å². The molecule has 1 unspecified atom stereocenters. The van der Waals surface area contributed by atoms with Crippen LogP contribution < -0.4 is 5.32 Å². The Labute approximate surface area is 140 Å². The summed E-state index contributed by atoms with van der Waals surface area (Å²) in [7, 11) is 0. The van der Waals surface area contributed by atoms with Crippen molar-refractivity contribution in [2.75, 3.05) is 18.8 Å². The number of nitrogens with one attached hydrogen (secondary N) is 1. The maximum Gasteiger partial charge on any atom is 0.0453 e. The summed E-state index contributed by atoms with van der Waals surface area (Å²) in [4.78, 5) is 1.44. The SMILES string of the molecule is Clc1ccc(CCNCC2CSc3ccccc32)c(Cl)c1. The molecule has 1 N–H and O–H groups in total. The molecule has 21 heavy (non-hydrogen) atoms. The average molecular weight is 338 g/mol. The molecule has 3 rings (SSSR count). The Kier molecular flexibility index (Phi) is 5.12. The first-order chi connectivity index (χ1) is 10.2. The Morgan fingerprint density at radius 1 is 1.14 bits per heavy atom. The summed E-state index contributed by atoms with van der Waals surface area (Å²) in [5.74, 6) is 1.79. The Morgan fingerprint density at radius 3 is 2.86 bits per heavy atom. The van der Waals surface area contributed by atoms with E-state index in [-0.39, 0.29) is 0 Å². The Balaban J connectivity index is 1.49. The highest BCUT2D eigenvalue weighted by atomic mass is 35.5. The molecule has 1 atom stereocenters. The van der Waals surface area contributed by atoms with Crippen molar-refractivity contribution in [2.45, 2.75) is 17.2 Å². The molecule has 0 aliphatic carbocycles. The lowest BCUT2D eigenvalue weighted by atomic mass is 10.0. The predicted molar refractivity (Wildman–Crippen MR) is 92.9 cm³/mol. The van der Waals surface area contributed by atoms with E-state index in [1.165, 1.54) is 16.2 Å². The summed E-state index contributed by atoms with van der Waals surface area (Å²) in [5.41, 5.74) is 2.63. The van der Waals surface area contributed by atoms with Crippen LogP contribution in [0.15, 0.2) is 47.4 Å². The quantitative estimate of drug-likeness (QED) is 0.769. The lowest BCUT2D eigenvalue weighted by Gasteiger charge is -2.12. The molecule has 1 nitrogen and oxygen atoms in total. The number of benzene rings is 2. The van der Waals surface area contributed by atoms with Crippen LogP contribution in [0.25, 0.3) is 0 Å². The molecule has 0 bridgehead atoms. The molecule has 0 fully saturated rings. The molecular formula is C17H17Cl2NS. The van der Waals surface area contributed by atoms with Gasteiger partial charge in [-0.2, -0.15) is 0 Å². The second-order valence-corrected chi connectivity index (χ2v) is 7.14. The average Bonchev–Trinajstić information content (AvgIpc) is 2.89. The van der Waals surface area contributed by atoms with Gasteiger partial charge in [-0.25, -0.2) is 0 Å². The van der Waals surface area contributed by atoms with Gasteiger partial charge >= 0.3 is 0 Å². The topological polar surface area (TPSA) is 12.0 Å². The summed E-state index contributed by atoms with van der Waals surface area (Å²) in [6.07, 6.45) is 0.928. The fourth-order valence-electron chi connectivity index (χ4n) is 2.62. The minimum atomic E-state index is 0.617. The van der Waals surface area contributed by atoms with Crippen molar-refractivity contribution in [2.24, 2.45) is 0 Å². The summed E-state index contributed by atoms with van der Waals surface area (Å²) in [6.45, 7) is 1.96. The second-order valence-electron chi connectivity index (χ2n) is 5.24. The van der Waals surface area contributed by atoms with Gasteiger partial charge in [0.25, 0.3) is 0 Å². The molecule has 0 saturated heterocycles. The van der Waals surface area contributed by atoms with Crippen LogP contribution in [0.1, 0.15) is 17.0 Å². The Bertz CT molecular complexity index is 630. The molecular weight excluding hydrogens is 321 g/mol. The number of thioether (sulfide) groups is 1. The monoisotopic (exact) mass is 337 g/mol. The number of hydrogen-bond acceptors (Lipinski definition) is 2. The van der Waals surface area contributed by atoms with Gasteiger partial charge in [-0.05, 0) is 42.3 Å². The van der Waals surface area contributed by atoms with Gasteiger partial charge in [-0.15, -0.1) is 11.8 Å². The summed E-state index contributed by atoms with van der Waals surface area (Å²) in [6, 6.07) is 14.4. The van der Waals surface area contributed by atoms with Crippen molar-refractivity contribution in [1.82, 2.24) is 5.32 Å². The standard InChI is InChI=1S/C17H17Cl2NS/c18-14-6-5-12(16(19)9-14)7-8-20-10-13-11-21-17-4-2-1-3-15(13)17/h1-6,9,13,20H,7-8,10-11H2. The number of rotatable bonds is 5. The fourth-order valence-corrected chi connectivity index (χ4v) is 4.38. The highest BCUT2D eigenvalue weighted by molar-refractivity contribution is 7.99. The van der Waals surface area contributed by atoms with Gasteiger partial charge in [0, 0.05) is 33.2 Å². The predicted octanol–water partition coefficient (Wildman–Crippen LogP) is 5.02. The van der Waals surface area contributed by atoms with E-state index in [4.69, 9.17) is 23.2 Å². The van der Waals surface area contributed by atoms with Crippen LogP contribution in [0.2, 0.25) is 10.0 Å². The highest BCUT2D eigenvalue weighted by Crippen LogP contribution is 2.38. The smallest absolute Gasteiger partial charge is 0.0453 e. The third kappa shape index (κ3) is 3.75. The molecule has 0 amide bonds. The Morgan fingerprint density at radius 2 is 2.00 bits per heavy atom. The molecule has 1 heterocycles. The van der Waals surface area contributed by atoms with Crippen LogP contribution in [-0.4, -0.2) is 18.8 Å². The molecule has 0 spiro atoms. The lowest BCUT2D eigenvalue weighted by molar-refractivity contribution is 0.621. The van der Waals surface area contributed by atoms with Crippen molar-refractivity contribution in [3.63, 3.8) is 0 Å². The van der Waals surface area contributed by atoms with Gasteiger partial charge in [-0.3, -0.25) is 0 Å². The normalized spacial score (nSPS) is 17.0. The van der Waals surface area contributed by atoms with E-state index in [0.717, 1.165) is 30.1 Å². The number of hydrogen-bond donors (Lipinski definition) is 1. The highest BCUT2D eigenvalue weighted by Gasteiger charge is 2.21. The fraction of sp³-hybridized carbons (Fsp3) is 0.294. The van der Waals surface area contributed by atoms with E-state index < -0.39 is 0 Å². The first-order valence-electron chi connectivity index (χ1n) is 7.10. The molecule has 1 aliphatic heterocycles. The maximum atomic E-state index is 6.19. The van der Waals surface area contributed by atoms with Crippen LogP contribution >= 0.6 is 35.0 Å². The third-order valence-electron chi connectivity index (χ3n) is 3.78. The van der Waals surface area contributed by atoms with Crippen molar-refractivity contribution in [1.29, 1.82) is 0 Å². The molecule has 110 valence electrons. The van der Waals surface area contributed by atoms with Gasteiger partial charge in [0.1, 0.15) is 0 Å². The summed E-state index contributed by atoms with van der Waals surface area (Å²) >= 11 is 14.1. The van der Waals surface area contributed by atoms with Crippen molar-refractivity contribution >= 4 is 35.0 Å². The van der Waals surface area contributed by atoms with Crippen molar-refractivity contribution in [3.8, 4) is 0 Å². The second kappa shape index (κ2) is 7.06. The van der Waals surface area contributed by atoms with Gasteiger partial charge in [0.05, 0.1) is 0 Å². The zero-order chi connectivity index (χ0) is 14.7. The van der Waals surface area contributed by atoms with Crippen LogP contribution in [0, 0.1) is 0 Å². The van der Waals surface area contributed by atoms with E-state index in [0.29, 0.717) is 10.9 Å². The molecule has 0 radical (unpaired) electrons. The number of fused-ring (bicyclic) bond motifs is 1. The molecule has 4 heteroatoms. The van der Waals surface area contributed by atoms with Gasteiger partial charge < -0.3 is 5.32 Å². The zero-order valence-electron chi connectivity index (χ0n) is 11.6.